The number of fused-ring (bicyclic) bond motifs is 5. The second-order valence-corrected chi connectivity index (χ2v) is 14.4. The molecule has 4 aliphatic carbocycles. The van der Waals surface area contributed by atoms with E-state index in [0.717, 1.165) is 76.5 Å². The predicted octanol–water partition coefficient (Wildman–Crippen LogP) is 5.32. The van der Waals surface area contributed by atoms with Gasteiger partial charge in [0.2, 0.25) is 0 Å². The number of piperazine rings is 1. The highest BCUT2D eigenvalue weighted by molar-refractivity contribution is 5.87. The van der Waals surface area contributed by atoms with Crippen molar-refractivity contribution >= 4 is 5.78 Å². The molecule has 5 fully saturated rings. The largest absolute Gasteiger partial charge is 0.389 e. The molecule has 5 nitrogen and oxygen atoms in total. The average molecular weight is 508 g/mol. The quantitative estimate of drug-likeness (QED) is 0.598. The van der Waals surface area contributed by atoms with Gasteiger partial charge in [0.15, 0.2) is 0 Å². The van der Waals surface area contributed by atoms with Gasteiger partial charge >= 0.3 is 0 Å². The zero-order valence-corrected chi connectivity index (χ0v) is 23.7. The number of Topliss-reactive ketones (excluding diaryl/α,β-unsaturated/α-hetero) is 1. The summed E-state index contributed by atoms with van der Waals surface area (Å²) >= 11 is 0. The minimum atomic E-state index is -0.566. The Morgan fingerprint density at radius 3 is 2.57 bits per heavy atom. The van der Waals surface area contributed by atoms with Gasteiger partial charge in [0.1, 0.15) is 5.78 Å². The highest BCUT2D eigenvalue weighted by Gasteiger charge is 2.61. The van der Waals surface area contributed by atoms with Gasteiger partial charge in [-0.3, -0.25) is 19.6 Å². The van der Waals surface area contributed by atoms with Crippen molar-refractivity contribution in [1.82, 2.24) is 14.8 Å². The molecule has 0 aromatic carbocycles. The standard InChI is InChI=1S/C32H49N3O2/c1-22-19-35(23(2)18-34(22)20-24-6-5-15-33-17-24)21-32(37)14-13-30(3)25(16-32)7-8-26-27-9-10-29(36)31(27,4)12-11-28(26)30/h5-6,15,17,22-23,25-28,37H,7-14,16,18-21H2,1-4H3/t22-,23+,25-,26-,27-,28-,30-,31-,32+/m0/s1. The van der Waals surface area contributed by atoms with Crippen LogP contribution in [0.4, 0.5) is 0 Å². The molecule has 1 aromatic rings. The maximum atomic E-state index is 12.8. The fraction of sp³-hybridized carbons (Fsp3) is 0.812. The van der Waals surface area contributed by atoms with Gasteiger partial charge in [0, 0.05) is 62.5 Å². The van der Waals surface area contributed by atoms with E-state index in [1.54, 1.807) is 0 Å². The second kappa shape index (κ2) is 9.41. The van der Waals surface area contributed by atoms with Crippen LogP contribution in [0.5, 0.6) is 0 Å². The number of pyridine rings is 1. The Labute approximate surface area is 224 Å². The van der Waals surface area contributed by atoms with Gasteiger partial charge < -0.3 is 5.11 Å². The number of hydrogen-bond acceptors (Lipinski definition) is 5. The minimum Gasteiger partial charge on any atom is -0.389 e. The Morgan fingerprint density at radius 1 is 1.00 bits per heavy atom. The molecule has 1 saturated heterocycles. The summed E-state index contributed by atoms with van der Waals surface area (Å²) in [5.41, 5.74) is 1.01. The SMILES string of the molecule is C[C@@H]1CN(Cc2cccnc2)[C@@H](C)CN1C[C@@]1(O)CC[C@@]2(C)[C@@H](CC[C@@H]3[C@@H]2CC[C@]2(C)C(=O)CC[C@@H]32)C1. The zero-order chi connectivity index (χ0) is 26.0. The van der Waals surface area contributed by atoms with Crippen LogP contribution in [0.25, 0.3) is 0 Å². The third-order valence-electron chi connectivity index (χ3n) is 12.4. The Morgan fingerprint density at radius 2 is 1.78 bits per heavy atom. The van der Waals surface area contributed by atoms with E-state index < -0.39 is 5.60 Å². The predicted molar refractivity (Wildman–Crippen MR) is 147 cm³/mol. The lowest BCUT2D eigenvalue weighted by molar-refractivity contribution is -0.160. The van der Waals surface area contributed by atoms with Crippen LogP contribution >= 0.6 is 0 Å². The van der Waals surface area contributed by atoms with Crippen molar-refractivity contribution in [2.75, 3.05) is 19.6 Å². The van der Waals surface area contributed by atoms with Gasteiger partial charge in [-0.25, -0.2) is 0 Å². The van der Waals surface area contributed by atoms with Gasteiger partial charge in [-0.2, -0.15) is 0 Å². The second-order valence-electron chi connectivity index (χ2n) is 14.4. The van der Waals surface area contributed by atoms with Crippen molar-refractivity contribution in [2.24, 2.45) is 34.5 Å². The fourth-order valence-corrected chi connectivity index (χ4v) is 10.1. The molecule has 1 N–H and O–H groups in total. The number of rotatable bonds is 4. The molecule has 0 unspecified atom stereocenters. The first-order valence-electron chi connectivity index (χ1n) is 15.2. The highest BCUT2D eigenvalue weighted by Crippen LogP contribution is 2.66. The molecule has 0 spiro atoms. The van der Waals surface area contributed by atoms with Crippen LogP contribution in [0, 0.1) is 34.5 Å². The molecule has 0 bridgehead atoms. The molecule has 6 rings (SSSR count). The molecule has 5 aliphatic rings. The fourth-order valence-electron chi connectivity index (χ4n) is 10.1. The van der Waals surface area contributed by atoms with Crippen LogP contribution in [-0.2, 0) is 11.3 Å². The number of hydrogen-bond donors (Lipinski definition) is 1. The lowest BCUT2D eigenvalue weighted by Gasteiger charge is -2.61. The van der Waals surface area contributed by atoms with Gasteiger partial charge in [0.05, 0.1) is 5.60 Å². The number of ketones is 1. The maximum Gasteiger partial charge on any atom is 0.139 e. The molecule has 0 amide bonds. The molecule has 204 valence electrons. The van der Waals surface area contributed by atoms with Crippen molar-refractivity contribution in [2.45, 2.75) is 110 Å². The summed E-state index contributed by atoms with van der Waals surface area (Å²) in [5.74, 6) is 3.25. The van der Waals surface area contributed by atoms with Crippen LogP contribution in [-0.4, -0.2) is 63.0 Å². The maximum absolute atomic E-state index is 12.8. The molecule has 9 atom stereocenters. The molecular weight excluding hydrogens is 458 g/mol. The van der Waals surface area contributed by atoms with E-state index in [4.69, 9.17) is 0 Å². The van der Waals surface area contributed by atoms with E-state index in [1.807, 2.05) is 18.5 Å². The molecule has 4 saturated carbocycles. The Balaban J connectivity index is 1.10. The van der Waals surface area contributed by atoms with E-state index in [9.17, 15) is 9.90 Å². The van der Waals surface area contributed by atoms with Crippen LogP contribution in [0.1, 0.15) is 91.0 Å². The summed E-state index contributed by atoms with van der Waals surface area (Å²) in [4.78, 5) is 22.2. The number of carbonyl (C=O) groups is 1. The van der Waals surface area contributed by atoms with Crippen LogP contribution in [0.3, 0.4) is 0 Å². The van der Waals surface area contributed by atoms with Gasteiger partial charge in [0.25, 0.3) is 0 Å². The van der Waals surface area contributed by atoms with Crippen LogP contribution < -0.4 is 0 Å². The summed E-state index contributed by atoms with van der Waals surface area (Å²) in [5, 5.41) is 12.0. The van der Waals surface area contributed by atoms with E-state index in [1.165, 1.54) is 24.8 Å². The van der Waals surface area contributed by atoms with E-state index in [2.05, 4.69) is 48.5 Å². The highest BCUT2D eigenvalue weighted by atomic mass is 16.3. The van der Waals surface area contributed by atoms with E-state index in [0.29, 0.717) is 35.1 Å². The third-order valence-corrected chi connectivity index (χ3v) is 12.4. The Bertz CT molecular complexity index is 1000. The van der Waals surface area contributed by atoms with E-state index in [-0.39, 0.29) is 5.41 Å². The number of nitrogens with zero attached hydrogens (tertiary/aromatic N) is 3. The van der Waals surface area contributed by atoms with Crippen molar-refractivity contribution < 1.29 is 9.90 Å². The first kappa shape index (κ1) is 26.0. The summed E-state index contributed by atoms with van der Waals surface area (Å²) in [7, 11) is 0. The van der Waals surface area contributed by atoms with Gasteiger partial charge in [-0.1, -0.05) is 19.9 Å². The van der Waals surface area contributed by atoms with Gasteiger partial charge in [-0.15, -0.1) is 0 Å². The van der Waals surface area contributed by atoms with Crippen molar-refractivity contribution in [3.8, 4) is 0 Å². The van der Waals surface area contributed by atoms with Gasteiger partial charge in [-0.05, 0) is 106 Å². The number of β-amino-alcohol motifs (C(OH)–C–C–N with tert-alkyl or cyclic N) is 1. The molecular formula is C32H49N3O2. The topological polar surface area (TPSA) is 56.7 Å². The van der Waals surface area contributed by atoms with Crippen molar-refractivity contribution in [1.29, 1.82) is 0 Å². The smallest absolute Gasteiger partial charge is 0.139 e. The van der Waals surface area contributed by atoms with Crippen molar-refractivity contribution in [3.05, 3.63) is 30.1 Å². The molecule has 1 aromatic heterocycles. The number of aliphatic hydroxyl groups is 1. The minimum absolute atomic E-state index is 0.0359. The number of carbonyl (C=O) groups excluding carboxylic acids is 1. The first-order chi connectivity index (χ1) is 17.6. The van der Waals surface area contributed by atoms with Crippen LogP contribution in [0.15, 0.2) is 24.5 Å². The zero-order valence-electron chi connectivity index (χ0n) is 23.7. The Hall–Kier alpha value is -1.30. The lowest BCUT2D eigenvalue weighted by Crippen LogP contribution is -2.62. The molecule has 5 heteroatoms. The first-order valence-corrected chi connectivity index (χ1v) is 15.2. The monoisotopic (exact) mass is 507 g/mol. The molecule has 0 radical (unpaired) electrons. The molecule has 2 heterocycles. The van der Waals surface area contributed by atoms with E-state index >= 15 is 0 Å². The lowest BCUT2D eigenvalue weighted by atomic mass is 9.44. The summed E-state index contributed by atoms with van der Waals surface area (Å²) in [6, 6.07) is 5.11. The summed E-state index contributed by atoms with van der Waals surface area (Å²) in [6.07, 6.45) is 13.7. The third kappa shape index (κ3) is 4.41. The number of aromatic nitrogens is 1. The molecule has 1 aliphatic heterocycles. The summed E-state index contributed by atoms with van der Waals surface area (Å²) in [6.45, 7) is 13.3. The van der Waals surface area contributed by atoms with Crippen LogP contribution in [0.2, 0.25) is 0 Å². The summed E-state index contributed by atoms with van der Waals surface area (Å²) < 4.78 is 0. The normalized spacial score (nSPS) is 46.8. The average Bonchev–Trinajstić information content (AvgIpc) is 3.18. The van der Waals surface area contributed by atoms with Crippen molar-refractivity contribution in [3.63, 3.8) is 0 Å². The Kier molecular flexibility index (Phi) is 6.60. The molecule has 37 heavy (non-hydrogen) atoms.